The molecule has 2 N–H and O–H groups in total. The highest BCUT2D eigenvalue weighted by Crippen LogP contribution is 2.23. The fourth-order valence-electron chi connectivity index (χ4n) is 3.61. The number of fused-ring (bicyclic) bond motifs is 1. The van der Waals surface area contributed by atoms with E-state index in [0.717, 1.165) is 25.9 Å². The van der Waals surface area contributed by atoms with Gasteiger partial charge < -0.3 is 9.73 Å². The molecular formula is C20H21N3O3. The summed E-state index contributed by atoms with van der Waals surface area (Å²) in [5.41, 5.74) is 4.17. The highest BCUT2D eigenvalue weighted by atomic mass is 16.4. The van der Waals surface area contributed by atoms with Gasteiger partial charge in [0.2, 0.25) is 5.91 Å². The van der Waals surface area contributed by atoms with Crippen LogP contribution in [0.3, 0.4) is 0 Å². The third-order valence-corrected chi connectivity index (χ3v) is 4.82. The van der Waals surface area contributed by atoms with Gasteiger partial charge in [-0.25, -0.2) is 4.79 Å². The SMILES string of the molecule is Cc1cccc(CN2CCCC2C(=O)Nc2ccc3oc(=O)[nH]c3c2)c1. The van der Waals surface area contributed by atoms with E-state index >= 15 is 0 Å². The Morgan fingerprint density at radius 2 is 2.19 bits per heavy atom. The molecule has 4 rings (SSSR count). The molecule has 2 heterocycles. The van der Waals surface area contributed by atoms with E-state index in [1.54, 1.807) is 18.2 Å². The lowest BCUT2D eigenvalue weighted by atomic mass is 10.1. The van der Waals surface area contributed by atoms with Crippen LogP contribution in [0, 0.1) is 6.92 Å². The summed E-state index contributed by atoms with van der Waals surface area (Å²) in [5.74, 6) is -0.510. The Morgan fingerprint density at radius 1 is 1.31 bits per heavy atom. The Balaban J connectivity index is 1.47. The van der Waals surface area contributed by atoms with Crippen molar-refractivity contribution in [1.29, 1.82) is 0 Å². The minimum absolute atomic E-state index is 0.0136. The van der Waals surface area contributed by atoms with Gasteiger partial charge in [-0.05, 0) is 50.1 Å². The predicted octanol–water partition coefficient (Wildman–Crippen LogP) is 3.03. The average molecular weight is 351 g/mol. The second-order valence-electron chi connectivity index (χ2n) is 6.83. The molecule has 1 atom stereocenters. The zero-order valence-corrected chi connectivity index (χ0v) is 14.6. The van der Waals surface area contributed by atoms with E-state index in [2.05, 4.69) is 46.4 Å². The van der Waals surface area contributed by atoms with Crippen molar-refractivity contribution in [2.24, 2.45) is 0 Å². The number of aromatic nitrogens is 1. The maximum Gasteiger partial charge on any atom is 0.417 e. The molecule has 0 spiro atoms. The molecule has 0 bridgehead atoms. The van der Waals surface area contributed by atoms with Crippen molar-refractivity contribution in [3.8, 4) is 0 Å². The van der Waals surface area contributed by atoms with E-state index in [9.17, 15) is 9.59 Å². The molecule has 1 aliphatic heterocycles. The number of rotatable bonds is 4. The number of carbonyl (C=O) groups is 1. The third kappa shape index (κ3) is 3.41. The minimum Gasteiger partial charge on any atom is -0.408 e. The highest BCUT2D eigenvalue weighted by molar-refractivity contribution is 5.96. The van der Waals surface area contributed by atoms with Crippen molar-refractivity contribution in [3.05, 3.63) is 64.1 Å². The monoisotopic (exact) mass is 351 g/mol. The van der Waals surface area contributed by atoms with Gasteiger partial charge in [-0.1, -0.05) is 29.8 Å². The van der Waals surface area contributed by atoms with Gasteiger partial charge in [0.05, 0.1) is 11.6 Å². The minimum atomic E-state index is -0.497. The molecule has 1 amide bonds. The maximum atomic E-state index is 12.8. The van der Waals surface area contributed by atoms with Crippen LogP contribution >= 0.6 is 0 Å². The maximum absolute atomic E-state index is 12.8. The zero-order chi connectivity index (χ0) is 18.1. The van der Waals surface area contributed by atoms with E-state index in [1.807, 2.05) is 0 Å². The molecule has 6 nitrogen and oxygen atoms in total. The van der Waals surface area contributed by atoms with Crippen LogP contribution in [-0.4, -0.2) is 28.4 Å². The standard InChI is InChI=1S/C20H21N3O3/c1-13-4-2-5-14(10-13)12-23-9-3-6-17(23)19(24)21-15-7-8-18-16(11-15)22-20(25)26-18/h2,4-5,7-8,10-11,17H,3,6,9,12H2,1H3,(H,21,24)(H,22,25). The quantitative estimate of drug-likeness (QED) is 0.757. The number of benzene rings is 2. The zero-order valence-electron chi connectivity index (χ0n) is 14.6. The number of likely N-dealkylation sites (tertiary alicyclic amines) is 1. The van der Waals surface area contributed by atoms with E-state index in [4.69, 9.17) is 4.42 Å². The molecule has 0 saturated carbocycles. The van der Waals surface area contributed by atoms with Crippen molar-refractivity contribution in [1.82, 2.24) is 9.88 Å². The van der Waals surface area contributed by atoms with Crippen LogP contribution in [0.25, 0.3) is 11.1 Å². The molecule has 1 saturated heterocycles. The number of amides is 1. The first-order valence-corrected chi connectivity index (χ1v) is 8.82. The molecule has 1 fully saturated rings. The van der Waals surface area contributed by atoms with Crippen molar-refractivity contribution in [2.45, 2.75) is 32.4 Å². The summed E-state index contributed by atoms with van der Waals surface area (Å²) >= 11 is 0. The number of oxazole rings is 1. The van der Waals surface area contributed by atoms with Crippen LogP contribution in [0.1, 0.15) is 24.0 Å². The number of nitrogens with one attached hydrogen (secondary N) is 2. The summed E-state index contributed by atoms with van der Waals surface area (Å²) in [6, 6.07) is 13.4. The first kappa shape index (κ1) is 16.6. The number of carbonyl (C=O) groups excluding carboxylic acids is 1. The fraction of sp³-hybridized carbons (Fsp3) is 0.300. The molecule has 1 unspecified atom stereocenters. The Bertz CT molecular complexity index is 1000. The lowest BCUT2D eigenvalue weighted by molar-refractivity contribution is -0.120. The number of nitrogens with zero attached hydrogens (tertiary/aromatic N) is 1. The first-order valence-electron chi connectivity index (χ1n) is 8.82. The van der Waals surface area contributed by atoms with Gasteiger partial charge in [0.1, 0.15) is 0 Å². The van der Waals surface area contributed by atoms with Gasteiger partial charge in [0.15, 0.2) is 5.58 Å². The Morgan fingerprint density at radius 3 is 3.04 bits per heavy atom. The number of aromatic amines is 1. The van der Waals surface area contributed by atoms with Crippen LogP contribution in [0.5, 0.6) is 0 Å². The van der Waals surface area contributed by atoms with Crippen LogP contribution in [-0.2, 0) is 11.3 Å². The molecule has 6 heteroatoms. The number of hydrogen-bond donors (Lipinski definition) is 2. The number of H-pyrrole nitrogens is 1. The second-order valence-corrected chi connectivity index (χ2v) is 6.83. The summed E-state index contributed by atoms with van der Waals surface area (Å²) in [5, 5.41) is 2.97. The smallest absolute Gasteiger partial charge is 0.408 e. The van der Waals surface area contributed by atoms with E-state index < -0.39 is 5.76 Å². The topological polar surface area (TPSA) is 78.3 Å². The van der Waals surface area contributed by atoms with Crippen molar-refractivity contribution in [3.63, 3.8) is 0 Å². The molecule has 26 heavy (non-hydrogen) atoms. The summed E-state index contributed by atoms with van der Waals surface area (Å²) < 4.78 is 4.99. The van der Waals surface area contributed by atoms with Crippen molar-refractivity contribution in [2.75, 3.05) is 11.9 Å². The molecule has 3 aromatic rings. The number of aryl methyl sites for hydroxylation is 1. The first-order chi connectivity index (χ1) is 12.6. The summed E-state index contributed by atoms with van der Waals surface area (Å²) in [7, 11) is 0. The normalized spacial score (nSPS) is 17.7. The highest BCUT2D eigenvalue weighted by Gasteiger charge is 2.30. The van der Waals surface area contributed by atoms with Gasteiger partial charge in [-0.2, -0.15) is 0 Å². The van der Waals surface area contributed by atoms with E-state index in [1.165, 1.54) is 11.1 Å². The number of anilines is 1. The second kappa shape index (κ2) is 6.80. The van der Waals surface area contributed by atoms with Gasteiger partial charge in [0, 0.05) is 12.2 Å². The molecule has 0 aliphatic carbocycles. The Kier molecular flexibility index (Phi) is 4.34. The van der Waals surface area contributed by atoms with Crippen LogP contribution in [0.15, 0.2) is 51.7 Å². The van der Waals surface area contributed by atoms with Crippen LogP contribution in [0.4, 0.5) is 5.69 Å². The van der Waals surface area contributed by atoms with Gasteiger partial charge in [-0.15, -0.1) is 0 Å². The molecular weight excluding hydrogens is 330 g/mol. The lowest BCUT2D eigenvalue weighted by Gasteiger charge is -2.24. The Hall–Kier alpha value is -2.86. The van der Waals surface area contributed by atoms with Gasteiger partial charge >= 0.3 is 5.76 Å². The average Bonchev–Trinajstić information content (AvgIpc) is 3.20. The fourth-order valence-corrected chi connectivity index (χ4v) is 3.61. The molecule has 2 aromatic carbocycles. The summed E-state index contributed by atoms with van der Waals surface area (Å²) in [6.07, 6.45) is 1.86. The van der Waals surface area contributed by atoms with E-state index in [-0.39, 0.29) is 11.9 Å². The van der Waals surface area contributed by atoms with Crippen molar-refractivity contribution < 1.29 is 9.21 Å². The van der Waals surface area contributed by atoms with Crippen LogP contribution in [0.2, 0.25) is 0 Å². The summed E-state index contributed by atoms with van der Waals surface area (Å²) in [6.45, 7) is 3.77. The van der Waals surface area contributed by atoms with Crippen molar-refractivity contribution >= 4 is 22.7 Å². The third-order valence-electron chi connectivity index (χ3n) is 4.82. The lowest BCUT2D eigenvalue weighted by Crippen LogP contribution is -2.39. The molecule has 1 aliphatic rings. The molecule has 0 radical (unpaired) electrons. The predicted molar refractivity (Wildman–Crippen MR) is 100 cm³/mol. The van der Waals surface area contributed by atoms with Gasteiger partial charge in [0.25, 0.3) is 0 Å². The number of hydrogen-bond acceptors (Lipinski definition) is 4. The Labute approximate surface area is 150 Å². The summed E-state index contributed by atoms with van der Waals surface area (Å²) in [4.78, 5) is 28.9. The molecule has 1 aromatic heterocycles. The largest absolute Gasteiger partial charge is 0.417 e. The van der Waals surface area contributed by atoms with Gasteiger partial charge in [-0.3, -0.25) is 14.7 Å². The van der Waals surface area contributed by atoms with Crippen LogP contribution < -0.4 is 11.1 Å². The molecule has 134 valence electrons. The van der Waals surface area contributed by atoms with E-state index in [0.29, 0.717) is 16.8 Å².